The fourth-order valence-electron chi connectivity index (χ4n) is 2.38. The highest BCUT2D eigenvalue weighted by atomic mass is 16.5. The largest absolute Gasteiger partial charge is 0.493 e. The topological polar surface area (TPSA) is 52.6 Å². The van der Waals surface area contributed by atoms with Gasteiger partial charge in [0, 0.05) is 11.1 Å². The molecule has 0 saturated carbocycles. The number of Topliss-reactive ketones (excluding diaryl/α,β-unsaturated/α-hetero) is 2. The van der Waals surface area contributed by atoms with Gasteiger partial charge in [-0.2, -0.15) is 0 Å². The van der Waals surface area contributed by atoms with Gasteiger partial charge in [-0.05, 0) is 37.1 Å². The Kier molecular flexibility index (Phi) is 6.13. The van der Waals surface area contributed by atoms with E-state index >= 15 is 0 Å². The highest BCUT2D eigenvalue weighted by molar-refractivity contribution is 5.97. The van der Waals surface area contributed by atoms with Crippen molar-refractivity contribution in [1.29, 1.82) is 0 Å². The smallest absolute Gasteiger partial charge is 0.200 e. The first-order valence-corrected chi connectivity index (χ1v) is 7.99. The van der Waals surface area contributed by atoms with Crippen molar-refractivity contribution in [2.45, 2.75) is 26.7 Å². The molecule has 0 aliphatic heterocycles. The second-order valence-corrected chi connectivity index (χ2v) is 5.58. The van der Waals surface area contributed by atoms with E-state index < -0.39 is 0 Å². The van der Waals surface area contributed by atoms with Crippen LogP contribution in [0.15, 0.2) is 42.5 Å². The lowest BCUT2D eigenvalue weighted by molar-refractivity contribution is 0.0918. The van der Waals surface area contributed by atoms with E-state index in [1.54, 1.807) is 18.2 Å². The number of carbonyl (C=O) groups excluding carboxylic acids is 2. The quantitative estimate of drug-likeness (QED) is 0.685. The minimum Gasteiger partial charge on any atom is -0.493 e. The van der Waals surface area contributed by atoms with Gasteiger partial charge in [-0.1, -0.05) is 37.6 Å². The Labute approximate surface area is 142 Å². The number of carbonyl (C=O) groups is 2. The Balaban J connectivity index is 2.04. The maximum absolute atomic E-state index is 12.2. The molecule has 0 heterocycles. The molecule has 2 rings (SSSR count). The van der Waals surface area contributed by atoms with Crippen LogP contribution in [-0.4, -0.2) is 25.3 Å². The zero-order valence-corrected chi connectivity index (χ0v) is 14.3. The van der Waals surface area contributed by atoms with Gasteiger partial charge in [-0.25, -0.2) is 0 Å². The summed E-state index contributed by atoms with van der Waals surface area (Å²) < 4.78 is 10.8. The molecule has 0 bridgehead atoms. The van der Waals surface area contributed by atoms with Gasteiger partial charge in [-0.15, -0.1) is 0 Å². The second-order valence-electron chi connectivity index (χ2n) is 5.58. The Hall–Kier alpha value is -2.62. The molecule has 0 saturated heterocycles. The lowest BCUT2D eigenvalue weighted by atomic mass is 10.1. The van der Waals surface area contributed by atoms with Gasteiger partial charge in [0.05, 0.1) is 7.11 Å². The van der Waals surface area contributed by atoms with Crippen LogP contribution < -0.4 is 9.47 Å². The zero-order valence-electron chi connectivity index (χ0n) is 14.3. The molecular weight excluding hydrogens is 304 g/mol. The SMILES string of the molecule is CCCc1ccc(C(=O)COc2ccc(C(C)=O)cc2OC)cc1. The molecule has 0 amide bonds. The number of benzene rings is 2. The van der Waals surface area contributed by atoms with E-state index in [1.807, 2.05) is 24.3 Å². The lowest BCUT2D eigenvalue weighted by Gasteiger charge is -2.11. The summed E-state index contributed by atoms with van der Waals surface area (Å²) in [4.78, 5) is 23.6. The first-order valence-electron chi connectivity index (χ1n) is 7.99. The van der Waals surface area contributed by atoms with Crippen LogP contribution in [0.25, 0.3) is 0 Å². The van der Waals surface area contributed by atoms with Crippen LogP contribution in [0.1, 0.15) is 46.5 Å². The summed E-state index contributed by atoms with van der Waals surface area (Å²) in [6, 6.07) is 12.5. The normalized spacial score (nSPS) is 10.3. The molecule has 24 heavy (non-hydrogen) atoms. The van der Waals surface area contributed by atoms with Gasteiger partial charge in [-0.3, -0.25) is 9.59 Å². The van der Waals surface area contributed by atoms with Gasteiger partial charge in [0.25, 0.3) is 0 Å². The van der Waals surface area contributed by atoms with Gasteiger partial charge < -0.3 is 9.47 Å². The molecule has 0 aliphatic rings. The minimum atomic E-state index is -0.101. The molecular formula is C20H22O4. The van der Waals surface area contributed by atoms with Crippen molar-refractivity contribution in [2.75, 3.05) is 13.7 Å². The molecule has 2 aromatic rings. The number of methoxy groups -OCH3 is 1. The molecule has 4 nitrogen and oxygen atoms in total. The summed E-state index contributed by atoms with van der Waals surface area (Å²) in [5.41, 5.74) is 2.38. The molecule has 0 N–H and O–H groups in total. The maximum Gasteiger partial charge on any atom is 0.200 e. The number of hydrogen-bond donors (Lipinski definition) is 0. The molecule has 4 heteroatoms. The summed E-state index contributed by atoms with van der Waals surface area (Å²) in [5.74, 6) is 0.728. The van der Waals surface area contributed by atoms with Gasteiger partial charge in [0.2, 0.25) is 0 Å². The molecule has 0 unspecified atom stereocenters. The van der Waals surface area contributed by atoms with Crippen molar-refractivity contribution in [3.63, 3.8) is 0 Å². The Morgan fingerprint density at radius 1 is 0.958 bits per heavy atom. The molecule has 2 aromatic carbocycles. The molecule has 0 fully saturated rings. The van der Waals surface area contributed by atoms with Gasteiger partial charge in [0.15, 0.2) is 29.7 Å². The van der Waals surface area contributed by atoms with Crippen molar-refractivity contribution in [2.24, 2.45) is 0 Å². The molecule has 0 spiro atoms. The molecule has 0 aliphatic carbocycles. The van der Waals surface area contributed by atoms with Crippen LogP contribution >= 0.6 is 0 Å². The minimum absolute atomic E-state index is 0.0527. The van der Waals surface area contributed by atoms with Crippen LogP contribution in [0.4, 0.5) is 0 Å². The number of aryl methyl sites for hydroxylation is 1. The number of hydrogen-bond acceptors (Lipinski definition) is 4. The van der Waals surface area contributed by atoms with Crippen LogP contribution in [0.2, 0.25) is 0 Å². The first kappa shape index (κ1) is 17.7. The van der Waals surface area contributed by atoms with E-state index in [2.05, 4.69) is 6.92 Å². The summed E-state index contributed by atoms with van der Waals surface area (Å²) in [5, 5.41) is 0. The molecule has 0 aromatic heterocycles. The number of ether oxygens (including phenoxy) is 2. The van der Waals surface area contributed by atoms with Crippen molar-refractivity contribution in [3.8, 4) is 11.5 Å². The summed E-state index contributed by atoms with van der Waals surface area (Å²) in [6.07, 6.45) is 2.08. The fourth-order valence-corrected chi connectivity index (χ4v) is 2.38. The number of rotatable bonds is 8. The summed E-state index contributed by atoms with van der Waals surface area (Å²) in [7, 11) is 1.50. The van der Waals surface area contributed by atoms with Gasteiger partial charge >= 0.3 is 0 Å². The predicted molar refractivity (Wildman–Crippen MR) is 93.3 cm³/mol. The van der Waals surface area contributed by atoms with E-state index in [1.165, 1.54) is 19.6 Å². The van der Waals surface area contributed by atoms with Crippen LogP contribution in [0.5, 0.6) is 11.5 Å². The van der Waals surface area contributed by atoms with Gasteiger partial charge in [0.1, 0.15) is 0 Å². The van der Waals surface area contributed by atoms with E-state index in [4.69, 9.17) is 9.47 Å². The third-order valence-electron chi connectivity index (χ3n) is 3.74. The Bertz CT molecular complexity index is 717. The van der Waals surface area contributed by atoms with E-state index in [0.29, 0.717) is 22.6 Å². The van der Waals surface area contributed by atoms with E-state index in [-0.39, 0.29) is 18.2 Å². The summed E-state index contributed by atoms with van der Waals surface area (Å²) >= 11 is 0. The van der Waals surface area contributed by atoms with Crippen molar-refractivity contribution in [3.05, 3.63) is 59.2 Å². The standard InChI is InChI=1S/C20H22O4/c1-4-5-15-6-8-16(9-7-15)18(22)13-24-19-11-10-17(14(2)21)12-20(19)23-3/h6-12H,4-5,13H2,1-3H3. The molecule has 0 atom stereocenters. The van der Waals surface area contributed by atoms with Crippen molar-refractivity contribution >= 4 is 11.6 Å². The van der Waals surface area contributed by atoms with E-state index in [0.717, 1.165) is 12.8 Å². The average molecular weight is 326 g/mol. The lowest BCUT2D eigenvalue weighted by Crippen LogP contribution is -2.12. The van der Waals surface area contributed by atoms with Crippen LogP contribution in [0.3, 0.4) is 0 Å². The highest BCUT2D eigenvalue weighted by Gasteiger charge is 2.11. The molecule has 126 valence electrons. The highest BCUT2D eigenvalue weighted by Crippen LogP contribution is 2.28. The maximum atomic E-state index is 12.2. The predicted octanol–water partition coefficient (Wildman–Crippen LogP) is 4.11. The number of ketones is 2. The van der Waals surface area contributed by atoms with E-state index in [9.17, 15) is 9.59 Å². The Morgan fingerprint density at radius 2 is 1.62 bits per heavy atom. The van der Waals surface area contributed by atoms with Crippen molar-refractivity contribution in [1.82, 2.24) is 0 Å². The monoisotopic (exact) mass is 326 g/mol. The summed E-state index contributed by atoms with van der Waals surface area (Å²) in [6.45, 7) is 3.53. The Morgan fingerprint density at radius 3 is 2.21 bits per heavy atom. The second kappa shape index (κ2) is 8.29. The fraction of sp³-hybridized carbons (Fsp3) is 0.300. The zero-order chi connectivity index (χ0) is 17.5. The average Bonchev–Trinajstić information content (AvgIpc) is 2.60. The molecule has 0 radical (unpaired) electrons. The van der Waals surface area contributed by atoms with Crippen LogP contribution in [0, 0.1) is 0 Å². The van der Waals surface area contributed by atoms with Crippen molar-refractivity contribution < 1.29 is 19.1 Å². The van der Waals surface area contributed by atoms with Crippen LogP contribution in [-0.2, 0) is 6.42 Å². The first-order chi connectivity index (χ1) is 11.5. The third kappa shape index (κ3) is 4.44. The third-order valence-corrected chi connectivity index (χ3v) is 3.74.